The predicted octanol–water partition coefficient (Wildman–Crippen LogP) is 2.92. The van der Waals surface area contributed by atoms with Gasteiger partial charge in [0.1, 0.15) is 4.60 Å². The Kier molecular flexibility index (Phi) is 5.57. The van der Waals surface area contributed by atoms with Gasteiger partial charge < -0.3 is 0 Å². The maximum Gasteiger partial charge on any atom is 0.185 e. The van der Waals surface area contributed by atoms with Crippen LogP contribution in [0.1, 0.15) is 19.0 Å². The van der Waals surface area contributed by atoms with E-state index in [0.717, 1.165) is 22.5 Å². The van der Waals surface area contributed by atoms with Crippen molar-refractivity contribution in [1.29, 1.82) is 0 Å². The molecule has 5 heteroatoms. The fourth-order valence-corrected chi connectivity index (χ4v) is 1.63. The summed E-state index contributed by atoms with van der Waals surface area (Å²) >= 11 is 4.55. The number of hydrogen-bond donors (Lipinski definition) is 0. The molecule has 0 aromatic carbocycles. The fraction of sp³-hybridized carbons (Fsp3) is 0.300. The molecule has 0 saturated carbocycles. The van der Waals surface area contributed by atoms with E-state index in [9.17, 15) is 4.79 Å². The third-order valence-electron chi connectivity index (χ3n) is 1.52. The molecule has 0 aliphatic heterocycles. The molecule has 0 aliphatic rings. The molecule has 0 unspecified atom stereocenters. The average Bonchev–Trinajstić information content (AvgIpc) is 2.20. The summed E-state index contributed by atoms with van der Waals surface area (Å²) in [6, 6.07) is 0. The van der Waals surface area contributed by atoms with E-state index in [2.05, 4.69) is 25.9 Å². The predicted molar refractivity (Wildman–Crippen MR) is 66.5 cm³/mol. The third kappa shape index (κ3) is 5.69. The molecular formula is C10H11BrN2OS. The molecular weight excluding hydrogens is 276 g/mol. The van der Waals surface area contributed by atoms with Crippen LogP contribution >= 0.6 is 27.7 Å². The summed E-state index contributed by atoms with van der Waals surface area (Å²) < 4.78 is 0.729. The molecule has 0 spiro atoms. The molecule has 15 heavy (non-hydrogen) atoms. The van der Waals surface area contributed by atoms with Gasteiger partial charge in [-0.15, -0.1) is 0 Å². The van der Waals surface area contributed by atoms with Crippen LogP contribution < -0.4 is 0 Å². The van der Waals surface area contributed by atoms with Crippen molar-refractivity contribution in [2.75, 3.05) is 5.75 Å². The number of halogens is 1. The van der Waals surface area contributed by atoms with Gasteiger partial charge >= 0.3 is 0 Å². The van der Waals surface area contributed by atoms with Crippen molar-refractivity contribution in [2.24, 2.45) is 0 Å². The summed E-state index contributed by atoms with van der Waals surface area (Å²) in [6.45, 7) is 1.58. The molecule has 0 aliphatic carbocycles. The van der Waals surface area contributed by atoms with Crippen LogP contribution in [0.2, 0.25) is 0 Å². The topological polar surface area (TPSA) is 42.9 Å². The Balaban J connectivity index is 2.32. The number of carbonyl (C=O) groups is 1. The number of allylic oxidation sites excluding steroid dienone is 1. The highest BCUT2D eigenvalue weighted by Gasteiger charge is 1.92. The number of aromatic nitrogens is 2. The Morgan fingerprint density at radius 3 is 2.93 bits per heavy atom. The van der Waals surface area contributed by atoms with E-state index >= 15 is 0 Å². The monoisotopic (exact) mass is 286 g/mol. The maximum atomic E-state index is 10.6. The van der Waals surface area contributed by atoms with Crippen LogP contribution in [-0.2, 0) is 4.79 Å². The van der Waals surface area contributed by atoms with E-state index in [1.807, 2.05) is 12.2 Å². The van der Waals surface area contributed by atoms with Gasteiger partial charge in [0.15, 0.2) is 5.12 Å². The summed E-state index contributed by atoms with van der Waals surface area (Å²) in [6.07, 6.45) is 8.11. The first-order valence-electron chi connectivity index (χ1n) is 4.46. The summed E-state index contributed by atoms with van der Waals surface area (Å²) in [4.78, 5) is 18.8. The van der Waals surface area contributed by atoms with Crippen molar-refractivity contribution in [1.82, 2.24) is 9.97 Å². The van der Waals surface area contributed by atoms with Crippen LogP contribution in [0.3, 0.4) is 0 Å². The SMILES string of the molecule is CC(=O)SCCC=Cc1cnc(Br)cn1. The standard InChI is InChI=1S/C10H11BrN2OS/c1-8(14)15-5-3-2-4-9-6-13-10(11)7-12-9/h2,4,6-7H,3,5H2,1H3. The molecule has 0 saturated heterocycles. The molecule has 0 amide bonds. The van der Waals surface area contributed by atoms with Crippen molar-refractivity contribution in [3.8, 4) is 0 Å². The van der Waals surface area contributed by atoms with Crippen molar-refractivity contribution < 1.29 is 4.79 Å². The minimum absolute atomic E-state index is 0.159. The highest BCUT2D eigenvalue weighted by Crippen LogP contribution is 2.06. The van der Waals surface area contributed by atoms with Gasteiger partial charge in [0.2, 0.25) is 0 Å². The molecule has 1 rings (SSSR count). The molecule has 1 heterocycles. The summed E-state index contributed by atoms with van der Waals surface area (Å²) in [7, 11) is 0. The Bertz CT molecular complexity index is 351. The Labute approximate surface area is 102 Å². The van der Waals surface area contributed by atoms with Gasteiger partial charge in [0, 0.05) is 12.7 Å². The van der Waals surface area contributed by atoms with E-state index in [-0.39, 0.29) is 5.12 Å². The third-order valence-corrected chi connectivity index (χ3v) is 2.77. The second kappa shape index (κ2) is 6.74. The summed E-state index contributed by atoms with van der Waals surface area (Å²) in [5, 5.41) is 0.159. The first-order valence-corrected chi connectivity index (χ1v) is 6.24. The lowest BCUT2D eigenvalue weighted by molar-refractivity contribution is -0.109. The van der Waals surface area contributed by atoms with E-state index in [1.54, 1.807) is 19.3 Å². The van der Waals surface area contributed by atoms with Gasteiger partial charge in [0.25, 0.3) is 0 Å². The molecule has 0 atom stereocenters. The first kappa shape index (κ1) is 12.4. The lowest BCUT2D eigenvalue weighted by Gasteiger charge is -1.93. The minimum Gasteiger partial charge on any atom is -0.288 e. The lowest BCUT2D eigenvalue weighted by atomic mass is 10.3. The minimum atomic E-state index is 0.159. The van der Waals surface area contributed by atoms with Crippen molar-refractivity contribution in [3.05, 3.63) is 28.8 Å². The molecule has 3 nitrogen and oxygen atoms in total. The van der Waals surface area contributed by atoms with Crippen LogP contribution in [0, 0.1) is 0 Å². The lowest BCUT2D eigenvalue weighted by Crippen LogP contribution is -1.85. The van der Waals surface area contributed by atoms with Crippen LogP contribution in [0.25, 0.3) is 6.08 Å². The zero-order chi connectivity index (χ0) is 11.1. The van der Waals surface area contributed by atoms with E-state index < -0.39 is 0 Å². The number of carbonyl (C=O) groups excluding carboxylic acids is 1. The van der Waals surface area contributed by atoms with Gasteiger partial charge in [-0.2, -0.15) is 0 Å². The number of nitrogens with zero attached hydrogens (tertiary/aromatic N) is 2. The highest BCUT2D eigenvalue weighted by molar-refractivity contribution is 9.10. The van der Waals surface area contributed by atoms with Gasteiger partial charge in [-0.05, 0) is 28.4 Å². The van der Waals surface area contributed by atoms with Gasteiger partial charge in [0.05, 0.1) is 18.1 Å². The average molecular weight is 287 g/mol. The van der Waals surface area contributed by atoms with E-state index in [4.69, 9.17) is 0 Å². The summed E-state index contributed by atoms with van der Waals surface area (Å²) in [5.74, 6) is 0.815. The first-order chi connectivity index (χ1) is 7.18. The molecule has 0 N–H and O–H groups in total. The molecule has 0 radical (unpaired) electrons. The van der Waals surface area contributed by atoms with E-state index in [1.165, 1.54) is 11.8 Å². The number of rotatable bonds is 4. The molecule has 80 valence electrons. The smallest absolute Gasteiger partial charge is 0.185 e. The largest absolute Gasteiger partial charge is 0.288 e. The van der Waals surface area contributed by atoms with Crippen LogP contribution in [0.5, 0.6) is 0 Å². The molecule has 0 fully saturated rings. The van der Waals surface area contributed by atoms with Crippen LogP contribution in [-0.4, -0.2) is 20.8 Å². The normalized spacial score (nSPS) is 10.8. The van der Waals surface area contributed by atoms with Gasteiger partial charge in [-0.1, -0.05) is 17.8 Å². The number of thioether (sulfide) groups is 1. The highest BCUT2D eigenvalue weighted by atomic mass is 79.9. The molecule has 1 aromatic rings. The molecule has 1 aromatic heterocycles. The quantitative estimate of drug-likeness (QED) is 0.799. The number of hydrogen-bond acceptors (Lipinski definition) is 4. The Morgan fingerprint density at radius 1 is 1.53 bits per heavy atom. The second-order valence-electron chi connectivity index (χ2n) is 2.80. The van der Waals surface area contributed by atoms with E-state index in [0.29, 0.717) is 0 Å². The van der Waals surface area contributed by atoms with Crippen molar-refractivity contribution in [2.45, 2.75) is 13.3 Å². The second-order valence-corrected chi connectivity index (χ2v) is 4.88. The van der Waals surface area contributed by atoms with Crippen molar-refractivity contribution in [3.63, 3.8) is 0 Å². The van der Waals surface area contributed by atoms with Crippen LogP contribution in [0.4, 0.5) is 0 Å². The Morgan fingerprint density at radius 2 is 2.33 bits per heavy atom. The zero-order valence-corrected chi connectivity index (χ0v) is 10.7. The van der Waals surface area contributed by atoms with Gasteiger partial charge in [-0.3, -0.25) is 9.78 Å². The van der Waals surface area contributed by atoms with Crippen molar-refractivity contribution >= 4 is 38.9 Å². The molecule has 0 bridgehead atoms. The fourth-order valence-electron chi connectivity index (χ4n) is 0.883. The summed E-state index contributed by atoms with van der Waals surface area (Å²) in [5.41, 5.74) is 0.825. The zero-order valence-electron chi connectivity index (χ0n) is 8.31. The van der Waals surface area contributed by atoms with Gasteiger partial charge in [-0.25, -0.2) is 4.98 Å². The maximum absolute atomic E-state index is 10.6. The van der Waals surface area contributed by atoms with Crippen LogP contribution in [0.15, 0.2) is 23.1 Å². The Hall–Kier alpha value is -0.680.